The summed E-state index contributed by atoms with van der Waals surface area (Å²) < 4.78 is 38.3. The van der Waals surface area contributed by atoms with Crippen molar-refractivity contribution in [1.82, 2.24) is 0 Å². The lowest BCUT2D eigenvalue weighted by atomic mass is 9.80. The zero-order chi connectivity index (χ0) is 15.6. The molecule has 1 aliphatic carbocycles. The first-order valence-electron chi connectivity index (χ1n) is 7.01. The molecule has 1 saturated carbocycles. The monoisotopic (exact) mass is 300 g/mol. The van der Waals surface area contributed by atoms with Crippen molar-refractivity contribution in [2.45, 2.75) is 38.8 Å². The Morgan fingerprint density at radius 2 is 2.05 bits per heavy atom. The molecule has 0 aliphatic heterocycles. The average molecular weight is 300 g/mol. The Labute approximate surface area is 121 Å². The second-order valence-electron chi connectivity index (χ2n) is 5.66. The molecule has 3 N–H and O–H groups in total. The van der Waals surface area contributed by atoms with Crippen LogP contribution in [0.5, 0.6) is 0 Å². The quantitative estimate of drug-likeness (QED) is 0.814. The van der Waals surface area contributed by atoms with Gasteiger partial charge in [0.2, 0.25) is 5.91 Å². The molecule has 1 amide bonds. The highest BCUT2D eigenvalue weighted by molar-refractivity contribution is 5.92. The van der Waals surface area contributed by atoms with Crippen LogP contribution in [0.25, 0.3) is 0 Å². The van der Waals surface area contributed by atoms with Crippen LogP contribution in [0.1, 0.15) is 31.2 Å². The third kappa shape index (κ3) is 3.89. The van der Waals surface area contributed by atoms with Crippen LogP contribution in [0.3, 0.4) is 0 Å². The van der Waals surface area contributed by atoms with Crippen molar-refractivity contribution in [1.29, 1.82) is 0 Å². The second-order valence-corrected chi connectivity index (χ2v) is 5.66. The summed E-state index contributed by atoms with van der Waals surface area (Å²) in [5, 5.41) is 2.69. The molecule has 0 aromatic heterocycles. The van der Waals surface area contributed by atoms with Crippen LogP contribution in [0.4, 0.5) is 24.5 Å². The average Bonchev–Trinajstić information content (AvgIpc) is 2.42. The molecule has 6 heteroatoms. The molecule has 1 fully saturated rings. The molecule has 1 aromatic rings. The number of amides is 1. The van der Waals surface area contributed by atoms with E-state index >= 15 is 0 Å². The summed E-state index contributed by atoms with van der Waals surface area (Å²) in [4.78, 5) is 12.1. The number of hydrogen-bond donors (Lipinski definition) is 2. The normalized spacial score (nSPS) is 22.9. The van der Waals surface area contributed by atoms with Gasteiger partial charge < -0.3 is 11.1 Å². The van der Waals surface area contributed by atoms with Gasteiger partial charge in [0.25, 0.3) is 0 Å². The number of alkyl halides is 3. The van der Waals surface area contributed by atoms with Gasteiger partial charge in [-0.1, -0.05) is 6.42 Å². The van der Waals surface area contributed by atoms with Crippen LogP contribution in [-0.2, 0) is 4.79 Å². The summed E-state index contributed by atoms with van der Waals surface area (Å²) >= 11 is 0. The van der Waals surface area contributed by atoms with E-state index in [-0.39, 0.29) is 18.7 Å². The summed E-state index contributed by atoms with van der Waals surface area (Å²) in [5.41, 5.74) is 7.70. The molecule has 0 spiro atoms. The van der Waals surface area contributed by atoms with E-state index in [1.165, 1.54) is 0 Å². The molecule has 116 valence electrons. The fraction of sp³-hybridized carbons (Fsp3) is 0.533. The van der Waals surface area contributed by atoms with Gasteiger partial charge in [0.05, 0.1) is 5.92 Å². The Morgan fingerprint density at radius 1 is 1.33 bits per heavy atom. The summed E-state index contributed by atoms with van der Waals surface area (Å²) in [5.74, 6) is -2.29. The highest BCUT2D eigenvalue weighted by Gasteiger charge is 2.43. The summed E-state index contributed by atoms with van der Waals surface area (Å²) in [7, 11) is 0. The first kappa shape index (κ1) is 15.7. The van der Waals surface area contributed by atoms with Gasteiger partial charge in [-0.05, 0) is 49.9 Å². The molecule has 0 bridgehead atoms. The van der Waals surface area contributed by atoms with Gasteiger partial charge in [-0.25, -0.2) is 0 Å². The van der Waals surface area contributed by atoms with Crippen molar-refractivity contribution in [2.75, 3.05) is 11.1 Å². The van der Waals surface area contributed by atoms with E-state index in [4.69, 9.17) is 5.73 Å². The van der Waals surface area contributed by atoms with Crippen molar-refractivity contribution in [2.24, 2.45) is 11.8 Å². The van der Waals surface area contributed by atoms with Gasteiger partial charge in [0, 0.05) is 17.3 Å². The van der Waals surface area contributed by atoms with Gasteiger partial charge >= 0.3 is 6.18 Å². The van der Waals surface area contributed by atoms with Crippen molar-refractivity contribution >= 4 is 17.3 Å². The summed E-state index contributed by atoms with van der Waals surface area (Å²) in [6.45, 7) is 1.81. The minimum absolute atomic E-state index is 0.119. The van der Waals surface area contributed by atoms with Crippen molar-refractivity contribution in [3.8, 4) is 0 Å². The number of nitrogen functional groups attached to an aromatic ring is 1. The van der Waals surface area contributed by atoms with Gasteiger partial charge in [0.1, 0.15) is 0 Å². The number of nitrogens with one attached hydrogen (secondary N) is 1. The maximum Gasteiger partial charge on any atom is 0.391 e. The van der Waals surface area contributed by atoms with Gasteiger partial charge in [-0.3, -0.25) is 4.79 Å². The standard InChI is InChI=1S/C15H19F3N2O/c1-9-7-12(5-6-13(9)19)20-14(21)10-3-2-4-11(8-10)15(16,17)18/h5-7,10-11H,2-4,8,19H2,1H3,(H,20,21). The number of carbonyl (C=O) groups is 1. The summed E-state index contributed by atoms with van der Waals surface area (Å²) in [6.07, 6.45) is -3.27. The topological polar surface area (TPSA) is 55.1 Å². The highest BCUT2D eigenvalue weighted by Crippen LogP contribution is 2.40. The zero-order valence-corrected chi connectivity index (χ0v) is 11.8. The van der Waals surface area contributed by atoms with Gasteiger partial charge in [0.15, 0.2) is 0 Å². The van der Waals surface area contributed by atoms with E-state index in [9.17, 15) is 18.0 Å². The van der Waals surface area contributed by atoms with E-state index in [0.717, 1.165) is 5.56 Å². The minimum atomic E-state index is -4.21. The number of aryl methyl sites for hydroxylation is 1. The number of nitrogens with two attached hydrogens (primary N) is 1. The van der Waals surface area contributed by atoms with Crippen LogP contribution < -0.4 is 11.1 Å². The van der Waals surface area contributed by atoms with Crippen LogP contribution in [0.15, 0.2) is 18.2 Å². The molecule has 2 atom stereocenters. The molecule has 0 saturated heterocycles. The van der Waals surface area contributed by atoms with Crippen molar-refractivity contribution in [3.05, 3.63) is 23.8 Å². The lowest BCUT2D eigenvalue weighted by Crippen LogP contribution is -2.34. The Kier molecular flexibility index (Phi) is 4.44. The van der Waals surface area contributed by atoms with E-state index in [0.29, 0.717) is 24.2 Å². The van der Waals surface area contributed by atoms with E-state index in [1.807, 2.05) is 6.92 Å². The smallest absolute Gasteiger partial charge is 0.391 e. The van der Waals surface area contributed by atoms with E-state index < -0.39 is 18.0 Å². The highest BCUT2D eigenvalue weighted by atomic mass is 19.4. The predicted octanol–water partition coefficient (Wildman–Crippen LogP) is 3.88. The molecular weight excluding hydrogens is 281 g/mol. The number of rotatable bonds is 2. The lowest BCUT2D eigenvalue weighted by molar-refractivity contribution is -0.185. The molecule has 0 radical (unpaired) electrons. The largest absolute Gasteiger partial charge is 0.399 e. The van der Waals surface area contributed by atoms with Crippen LogP contribution >= 0.6 is 0 Å². The minimum Gasteiger partial charge on any atom is -0.399 e. The van der Waals surface area contributed by atoms with E-state index in [2.05, 4.69) is 5.32 Å². The number of carbonyl (C=O) groups excluding carboxylic acids is 1. The van der Waals surface area contributed by atoms with Gasteiger partial charge in [-0.2, -0.15) is 13.2 Å². The number of hydrogen-bond acceptors (Lipinski definition) is 2. The second kappa shape index (κ2) is 5.95. The van der Waals surface area contributed by atoms with Crippen LogP contribution in [-0.4, -0.2) is 12.1 Å². The third-order valence-electron chi connectivity index (χ3n) is 4.05. The molecule has 21 heavy (non-hydrogen) atoms. The fourth-order valence-electron chi connectivity index (χ4n) is 2.72. The number of benzene rings is 1. The maximum absolute atomic E-state index is 12.8. The Bertz CT molecular complexity index is 528. The molecular formula is C15H19F3N2O. The fourth-order valence-corrected chi connectivity index (χ4v) is 2.72. The maximum atomic E-state index is 12.8. The summed E-state index contributed by atoms with van der Waals surface area (Å²) in [6, 6.07) is 5.05. The molecule has 2 unspecified atom stereocenters. The van der Waals surface area contributed by atoms with Crippen molar-refractivity contribution in [3.63, 3.8) is 0 Å². The number of halogens is 3. The third-order valence-corrected chi connectivity index (χ3v) is 4.05. The zero-order valence-electron chi connectivity index (χ0n) is 11.8. The van der Waals surface area contributed by atoms with Crippen LogP contribution in [0, 0.1) is 18.8 Å². The Hall–Kier alpha value is -1.72. The molecule has 2 rings (SSSR count). The molecule has 1 aliphatic rings. The predicted molar refractivity (Wildman–Crippen MR) is 75.7 cm³/mol. The van der Waals surface area contributed by atoms with Gasteiger partial charge in [-0.15, -0.1) is 0 Å². The number of anilines is 2. The lowest BCUT2D eigenvalue weighted by Gasteiger charge is -2.29. The first-order chi connectivity index (χ1) is 9.77. The Morgan fingerprint density at radius 3 is 2.67 bits per heavy atom. The molecule has 1 aromatic carbocycles. The molecule has 3 nitrogen and oxygen atoms in total. The Balaban J connectivity index is 2.01. The van der Waals surface area contributed by atoms with Crippen molar-refractivity contribution < 1.29 is 18.0 Å². The van der Waals surface area contributed by atoms with Crippen LogP contribution in [0.2, 0.25) is 0 Å². The van der Waals surface area contributed by atoms with E-state index in [1.54, 1.807) is 18.2 Å². The SMILES string of the molecule is Cc1cc(NC(=O)C2CCCC(C(F)(F)F)C2)ccc1N. The molecule has 0 heterocycles. The first-order valence-corrected chi connectivity index (χ1v) is 7.01.